The van der Waals surface area contributed by atoms with Gasteiger partial charge in [0.25, 0.3) is 0 Å². The highest BCUT2D eigenvalue weighted by atomic mass is 16.5. The van der Waals surface area contributed by atoms with Crippen LogP contribution in [0.3, 0.4) is 0 Å². The highest BCUT2D eigenvalue weighted by Crippen LogP contribution is 2.29. The van der Waals surface area contributed by atoms with Crippen molar-refractivity contribution in [2.75, 3.05) is 43.1 Å². The number of nitrogens with one attached hydrogen (secondary N) is 2. The molecule has 0 aromatic carbocycles. The summed E-state index contributed by atoms with van der Waals surface area (Å²) < 4.78 is 7.50. The SMILES string of the molecule is CCOCCn1nc(CC)c2nc(N3CCN[C@@H](C)C3)nc(Nc3ccncn3)c21. The van der Waals surface area contributed by atoms with E-state index < -0.39 is 0 Å². The number of hydrogen-bond acceptors (Lipinski definition) is 9. The molecule has 0 spiro atoms. The average molecular weight is 412 g/mol. The second-order valence-corrected chi connectivity index (χ2v) is 7.31. The van der Waals surface area contributed by atoms with Crippen LogP contribution in [-0.2, 0) is 17.7 Å². The number of ether oxygens (including phenoxy) is 1. The number of anilines is 3. The van der Waals surface area contributed by atoms with Gasteiger partial charge in [-0.05, 0) is 26.3 Å². The first-order chi connectivity index (χ1) is 14.7. The number of nitrogens with zero attached hydrogens (tertiary/aromatic N) is 7. The molecular formula is C20H29N9O. The number of piperazine rings is 1. The van der Waals surface area contributed by atoms with E-state index in [1.807, 2.05) is 17.7 Å². The van der Waals surface area contributed by atoms with E-state index in [-0.39, 0.29) is 0 Å². The quantitative estimate of drug-likeness (QED) is 0.536. The summed E-state index contributed by atoms with van der Waals surface area (Å²) in [6.45, 7) is 10.8. The molecule has 3 aromatic heterocycles. The van der Waals surface area contributed by atoms with Gasteiger partial charge in [0.05, 0.1) is 18.8 Å². The zero-order chi connectivity index (χ0) is 20.9. The van der Waals surface area contributed by atoms with Crippen molar-refractivity contribution in [2.45, 2.75) is 39.8 Å². The first kappa shape index (κ1) is 20.4. The normalized spacial score (nSPS) is 16.9. The molecule has 1 aliphatic rings. The highest BCUT2D eigenvalue weighted by Gasteiger charge is 2.23. The second-order valence-electron chi connectivity index (χ2n) is 7.31. The lowest BCUT2D eigenvalue weighted by Gasteiger charge is -2.32. The van der Waals surface area contributed by atoms with E-state index in [1.165, 1.54) is 6.33 Å². The molecule has 4 rings (SSSR count). The van der Waals surface area contributed by atoms with Crippen molar-refractivity contribution in [1.82, 2.24) is 35.0 Å². The lowest BCUT2D eigenvalue weighted by Crippen LogP contribution is -2.49. The van der Waals surface area contributed by atoms with Gasteiger partial charge < -0.3 is 20.3 Å². The fourth-order valence-electron chi connectivity index (χ4n) is 3.66. The molecule has 0 aliphatic carbocycles. The largest absolute Gasteiger partial charge is 0.380 e. The summed E-state index contributed by atoms with van der Waals surface area (Å²) in [5.41, 5.74) is 2.71. The van der Waals surface area contributed by atoms with Crippen molar-refractivity contribution >= 4 is 28.6 Å². The summed E-state index contributed by atoms with van der Waals surface area (Å²) in [6, 6.07) is 2.21. The third-order valence-corrected chi connectivity index (χ3v) is 5.11. The van der Waals surface area contributed by atoms with Gasteiger partial charge in [0.15, 0.2) is 5.82 Å². The molecule has 1 fully saturated rings. The average Bonchev–Trinajstić information content (AvgIpc) is 3.13. The van der Waals surface area contributed by atoms with Crippen molar-refractivity contribution in [2.24, 2.45) is 0 Å². The van der Waals surface area contributed by atoms with Crippen LogP contribution in [0.2, 0.25) is 0 Å². The molecule has 1 saturated heterocycles. The molecule has 0 bridgehead atoms. The molecule has 0 radical (unpaired) electrons. The predicted octanol–water partition coefficient (Wildman–Crippen LogP) is 1.76. The van der Waals surface area contributed by atoms with Crippen LogP contribution < -0.4 is 15.5 Å². The highest BCUT2D eigenvalue weighted by molar-refractivity contribution is 5.90. The van der Waals surface area contributed by atoms with Crippen LogP contribution in [0.4, 0.5) is 17.6 Å². The first-order valence-corrected chi connectivity index (χ1v) is 10.6. The van der Waals surface area contributed by atoms with Crippen LogP contribution in [-0.4, -0.2) is 68.6 Å². The summed E-state index contributed by atoms with van der Waals surface area (Å²) in [4.78, 5) is 20.4. The lowest BCUT2D eigenvalue weighted by atomic mass is 10.2. The molecule has 10 heteroatoms. The van der Waals surface area contributed by atoms with Crippen LogP contribution in [0.1, 0.15) is 26.5 Å². The Labute approximate surface area is 176 Å². The standard InChI is InChI=1S/C20H29N9O/c1-4-15-17-18(29(27-15)10-11-30-5-2)19(24-16-6-7-21-13-23-16)26-20(25-17)28-9-8-22-14(3)12-28/h6-7,13-14,22H,4-5,8-12H2,1-3H3,(H,21,23,24,25,26)/t14-/m0/s1. The molecule has 1 atom stereocenters. The third-order valence-electron chi connectivity index (χ3n) is 5.11. The van der Waals surface area contributed by atoms with Crippen molar-refractivity contribution in [3.05, 3.63) is 24.3 Å². The molecule has 10 nitrogen and oxygen atoms in total. The Morgan fingerprint density at radius 1 is 1.30 bits per heavy atom. The molecule has 0 saturated carbocycles. The maximum absolute atomic E-state index is 5.56. The zero-order valence-electron chi connectivity index (χ0n) is 17.8. The van der Waals surface area contributed by atoms with Crippen LogP contribution in [0, 0.1) is 0 Å². The summed E-state index contributed by atoms with van der Waals surface area (Å²) >= 11 is 0. The fraction of sp³-hybridized carbons (Fsp3) is 0.550. The minimum Gasteiger partial charge on any atom is -0.380 e. The Bertz CT molecular complexity index is 975. The van der Waals surface area contributed by atoms with Gasteiger partial charge in [-0.25, -0.2) is 15.0 Å². The molecule has 0 unspecified atom stereocenters. The number of rotatable bonds is 8. The van der Waals surface area contributed by atoms with Gasteiger partial charge in [-0.3, -0.25) is 4.68 Å². The maximum atomic E-state index is 5.56. The summed E-state index contributed by atoms with van der Waals surface area (Å²) in [5, 5.41) is 11.6. The smallest absolute Gasteiger partial charge is 0.228 e. The molecular weight excluding hydrogens is 382 g/mol. The Morgan fingerprint density at radius 2 is 2.20 bits per heavy atom. The van der Waals surface area contributed by atoms with Gasteiger partial charge in [-0.1, -0.05) is 6.92 Å². The summed E-state index contributed by atoms with van der Waals surface area (Å²) in [7, 11) is 0. The Hall–Kier alpha value is -2.85. The molecule has 2 N–H and O–H groups in total. The van der Waals surface area contributed by atoms with Crippen LogP contribution >= 0.6 is 0 Å². The summed E-state index contributed by atoms with van der Waals surface area (Å²) in [6.07, 6.45) is 4.01. The molecule has 160 valence electrons. The number of fused-ring (bicyclic) bond motifs is 1. The second kappa shape index (κ2) is 9.31. The monoisotopic (exact) mass is 411 g/mol. The predicted molar refractivity (Wildman–Crippen MR) is 116 cm³/mol. The minimum absolute atomic E-state index is 0.385. The molecule has 3 aromatic rings. The topological polar surface area (TPSA) is 106 Å². The van der Waals surface area contributed by atoms with Gasteiger partial charge >= 0.3 is 0 Å². The van der Waals surface area contributed by atoms with Gasteiger partial charge in [-0.15, -0.1) is 0 Å². The van der Waals surface area contributed by atoms with E-state index in [0.29, 0.717) is 43.4 Å². The van der Waals surface area contributed by atoms with Crippen LogP contribution in [0.5, 0.6) is 0 Å². The van der Waals surface area contributed by atoms with E-state index in [1.54, 1.807) is 6.20 Å². The third kappa shape index (κ3) is 4.34. The van der Waals surface area contributed by atoms with E-state index in [9.17, 15) is 0 Å². The first-order valence-electron chi connectivity index (χ1n) is 10.6. The van der Waals surface area contributed by atoms with Crippen molar-refractivity contribution in [3.63, 3.8) is 0 Å². The van der Waals surface area contributed by atoms with Crippen molar-refractivity contribution < 1.29 is 4.74 Å². The fourth-order valence-corrected chi connectivity index (χ4v) is 3.66. The molecule has 4 heterocycles. The Morgan fingerprint density at radius 3 is 2.93 bits per heavy atom. The van der Waals surface area contributed by atoms with E-state index >= 15 is 0 Å². The van der Waals surface area contributed by atoms with E-state index in [0.717, 1.165) is 42.8 Å². The lowest BCUT2D eigenvalue weighted by molar-refractivity contribution is 0.137. The van der Waals surface area contributed by atoms with E-state index in [2.05, 4.69) is 39.3 Å². The number of aryl methyl sites for hydroxylation is 1. The van der Waals surface area contributed by atoms with Gasteiger partial charge in [0, 0.05) is 38.5 Å². The Balaban J connectivity index is 1.80. The maximum Gasteiger partial charge on any atom is 0.228 e. The molecule has 0 amide bonds. The van der Waals surface area contributed by atoms with Crippen LogP contribution in [0.25, 0.3) is 11.0 Å². The van der Waals surface area contributed by atoms with Crippen molar-refractivity contribution in [3.8, 4) is 0 Å². The molecule has 1 aliphatic heterocycles. The number of hydrogen-bond donors (Lipinski definition) is 2. The minimum atomic E-state index is 0.385. The van der Waals surface area contributed by atoms with Crippen molar-refractivity contribution in [1.29, 1.82) is 0 Å². The number of aromatic nitrogens is 6. The van der Waals surface area contributed by atoms with Gasteiger partial charge in [0.2, 0.25) is 5.95 Å². The summed E-state index contributed by atoms with van der Waals surface area (Å²) in [5.74, 6) is 2.09. The van der Waals surface area contributed by atoms with Gasteiger partial charge in [-0.2, -0.15) is 10.1 Å². The zero-order valence-corrected chi connectivity index (χ0v) is 17.8. The molecule has 30 heavy (non-hydrogen) atoms. The Kier molecular flexibility index (Phi) is 6.34. The van der Waals surface area contributed by atoms with Crippen LogP contribution in [0.15, 0.2) is 18.6 Å². The van der Waals surface area contributed by atoms with E-state index in [4.69, 9.17) is 19.8 Å². The van der Waals surface area contributed by atoms with Gasteiger partial charge in [0.1, 0.15) is 23.2 Å².